The molecule has 0 saturated heterocycles. The molecule has 110 valence electrons. The summed E-state index contributed by atoms with van der Waals surface area (Å²) in [6.07, 6.45) is 1.39. The highest BCUT2D eigenvalue weighted by Crippen LogP contribution is 2.25. The van der Waals surface area contributed by atoms with Gasteiger partial charge in [0.25, 0.3) is 5.69 Å². The fourth-order valence-electron chi connectivity index (χ4n) is 1.86. The zero-order valence-electron chi connectivity index (χ0n) is 11.7. The molecule has 0 bridgehead atoms. The second-order valence-corrected chi connectivity index (χ2v) is 4.34. The summed E-state index contributed by atoms with van der Waals surface area (Å²) in [4.78, 5) is 26.1. The standard InChI is InChI=1S/C14H14N2O5/c1-3-4-11-12(14(17)20-2)21-13(15-11)9-5-7-10(8-6-9)16(18)19/h5-8H,3-4H2,1-2H3. The van der Waals surface area contributed by atoms with Crippen molar-refractivity contribution >= 4 is 11.7 Å². The van der Waals surface area contributed by atoms with Crippen molar-refractivity contribution in [2.75, 3.05) is 7.11 Å². The minimum atomic E-state index is -0.584. The van der Waals surface area contributed by atoms with E-state index in [4.69, 9.17) is 4.42 Å². The number of hydrogen-bond donors (Lipinski definition) is 0. The predicted molar refractivity (Wildman–Crippen MR) is 73.9 cm³/mol. The number of nitrogens with zero attached hydrogens (tertiary/aromatic N) is 2. The second-order valence-electron chi connectivity index (χ2n) is 4.34. The van der Waals surface area contributed by atoms with Crippen LogP contribution in [-0.2, 0) is 11.2 Å². The maximum absolute atomic E-state index is 11.7. The number of ether oxygens (including phenoxy) is 1. The van der Waals surface area contributed by atoms with Gasteiger partial charge >= 0.3 is 5.97 Å². The maximum atomic E-state index is 11.7. The molecule has 0 aliphatic rings. The van der Waals surface area contributed by atoms with E-state index in [9.17, 15) is 14.9 Å². The zero-order valence-corrected chi connectivity index (χ0v) is 11.7. The average Bonchev–Trinajstić information content (AvgIpc) is 2.91. The Balaban J connectivity index is 2.39. The molecule has 2 aromatic rings. The molecule has 0 radical (unpaired) electrons. The summed E-state index contributed by atoms with van der Waals surface area (Å²) in [5.74, 6) is -0.263. The molecule has 0 amide bonds. The maximum Gasteiger partial charge on any atom is 0.376 e. The smallest absolute Gasteiger partial charge is 0.376 e. The van der Waals surface area contributed by atoms with Crippen molar-refractivity contribution in [3.63, 3.8) is 0 Å². The lowest BCUT2D eigenvalue weighted by molar-refractivity contribution is -0.384. The number of benzene rings is 1. The number of aryl methyl sites for hydroxylation is 1. The Hall–Kier alpha value is -2.70. The van der Waals surface area contributed by atoms with Crippen molar-refractivity contribution in [2.24, 2.45) is 0 Å². The van der Waals surface area contributed by atoms with E-state index >= 15 is 0 Å². The van der Waals surface area contributed by atoms with E-state index < -0.39 is 10.9 Å². The first-order chi connectivity index (χ1) is 10.1. The van der Waals surface area contributed by atoms with Crippen molar-refractivity contribution in [2.45, 2.75) is 19.8 Å². The van der Waals surface area contributed by atoms with Crippen molar-refractivity contribution in [3.05, 3.63) is 45.8 Å². The summed E-state index contributed by atoms with van der Waals surface area (Å²) in [6, 6.07) is 5.77. The lowest BCUT2D eigenvalue weighted by Crippen LogP contribution is -2.03. The number of nitro benzene ring substituents is 1. The van der Waals surface area contributed by atoms with E-state index in [-0.39, 0.29) is 17.3 Å². The van der Waals surface area contributed by atoms with Gasteiger partial charge in [-0.2, -0.15) is 0 Å². The van der Waals surface area contributed by atoms with Crippen LogP contribution in [0.5, 0.6) is 0 Å². The van der Waals surface area contributed by atoms with Gasteiger partial charge in [-0.25, -0.2) is 9.78 Å². The van der Waals surface area contributed by atoms with Gasteiger partial charge < -0.3 is 9.15 Å². The zero-order chi connectivity index (χ0) is 15.4. The summed E-state index contributed by atoms with van der Waals surface area (Å²) in [5.41, 5.74) is 1.07. The van der Waals surface area contributed by atoms with Crippen LogP contribution < -0.4 is 0 Å². The molecule has 0 atom stereocenters. The number of esters is 1. The lowest BCUT2D eigenvalue weighted by atomic mass is 10.2. The van der Waals surface area contributed by atoms with E-state index in [1.54, 1.807) is 0 Å². The number of carbonyl (C=O) groups excluding carboxylic acids is 1. The second kappa shape index (κ2) is 6.17. The van der Waals surface area contributed by atoms with Gasteiger partial charge in [-0.1, -0.05) is 13.3 Å². The first-order valence-corrected chi connectivity index (χ1v) is 6.39. The summed E-state index contributed by atoms with van der Waals surface area (Å²) < 4.78 is 10.1. The summed E-state index contributed by atoms with van der Waals surface area (Å²) in [7, 11) is 1.27. The van der Waals surface area contributed by atoms with Crippen LogP contribution in [0.15, 0.2) is 28.7 Å². The highest BCUT2D eigenvalue weighted by Gasteiger charge is 2.21. The van der Waals surface area contributed by atoms with E-state index in [1.807, 2.05) is 6.92 Å². The van der Waals surface area contributed by atoms with Crippen LogP contribution in [0.2, 0.25) is 0 Å². The summed E-state index contributed by atoms with van der Waals surface area (Å²) in [6.45, 7) is 1.96. The van der Waals surface area contributed by atoms with E-state index in [1.165, 1.54) is 31.4 Å². The van der Waals surface area contributed by atoms with Crippen molar-refractivity contribution in [3.8, 4) is 11.5 Å². The lowest BCUT2D eigenvalue weighted by Gasteiger charge is -1.96. The molecule has 1 heterocycles. The minimum absolute atomic E-state index is 0.0210. The molecule has 0 spiro atoms. The van der Waals surface area contributed by atoms with Gasteiger partial charge in [0.05, 0.1) is 17.7 Å². The van der Waals surface area contributed by atoms with E-state index in [2.05, 4.69) is 9.72 Å². The van der Waals surface area contributed by atoms with Crippen molar-refractivity contribution in [1.29, 1.82) is 0 Å². The third-order valence-corrected chi connectivity index (χ3v) is 2.88. The van der Waals surface area contributed by atoms with Crippen LogP contribution in [0.1, 0.15) is 29.6 Å². The molecule has 1 aromatic carbocycles. The molecular weight excluding hydrogens is 276 g/mol. The third-order valence-electron chi connectivity index (χ3n) is 2.88. The quantitative estimate of drug-likeness (QED) is 0.477. The van der Waals surface area contributed by atoms with Crippen LogP contribution >= 0.6 is 0 Å². The number of carbonyl (C=O) groups is 1. The number of non-ortho nitro benzene ring substituents is 1. The molecule has 0 aliphatic carbocycles. The summed E-state index contributed by atoms with van der Waals surface area (Å²) in [5, 5.41) is 10.6. The molecule has 0 N–H and O–H groups in total. The Morgan fingerprint density at radius 3 is 2.57 bits per heavy atom. The number of methoxy groups -OCH3 is 1. The normalized spacial score (nSPS) is 10.4. The van der Waals surface area contributed by atoms with E-state index in [0.717, 1.165) is 6.42 Å². The number of aromatic nitrogens is 1. The molecule has 7 heteroatoms. The Kier molecular flexibility index (Phi) is 4.32. The Labute approximate surface area is 120 Å². The molecule has 0 unspecified atom stereocenters. The van der Waals surface area contributed by atoms with Gasteiger partial charge in [0.1, 0.15) is 0 Å². The highest BCUT2D eigenvalue weighted by molar-refractivity contribution is 5.88. The first kappa shape index (κ1) is 14.7. The summed E-state index contributed by atoms with van der Waals surface area (Å²) >= 11 is 0. The average molecular weight is 290 g/mol. The SMILES string of the molecule is CCCc1nc(-c2ccc([N+](=O)[O-])cc2)oc1C(=O)OC. The van der Waals surface area contributed by atoms with Gasteiger partial charge in [-0.05, 0) is 18.6 Å². The van der Waals surface area contributed by atoms with Crippen LogP contribution in [0.4, 0.5) is 5.69 Å². The molecule has 21 heavy (non-hydrogen) atoms. The van der Waals surface area contributed by atoms with Crippen LogP contribution in [0, 0.1) is 10.1 Å². The van der Waals surface area contributed by atoms with Gasteiger partial charge in [0.2, 0.25) is 11.7 Å². The van der Waals surface area contributed by atoms with Gasteiger partial charge in [0.15, 0.2) is 0 Å². The Morgan fingerprint density at radius 2 is 2.05 bits per heavy atom. The van der Waals surface area contributed by atoms with Crippen LogP contribution in [0.3, 0.4) is 0 Å². The largest absolute Gasteiger partial charge is 0.463 e. The fraction of sp³-hybridized carbons (Fsp3) is 0.286. The van der Waals surface area contributed by atoms with Crippen molar-refractivity contribution < 1.29 is 18.9 Å². The van der Waals surface area contributed by atoms with Gasteiger partial charge in [0, 0.05) is 17.7 Å². The van der Waals surface area contributed by atoms with Gasteiger partial charge in [-0.3, -0.25) is 10.1 Å². The molecule has 2 rings (SSSR count). The Bertz CT molecular complexity index is 661. The monoisotopic (exact) mass is 290 g/mol. The van der Waals surface area contributed by atoms with Crippen molar-refractivity contribution in [1.82, 2.24) is 4.98 Å². The molecular formula is C14H14N2O5. The van der Waals surface area contributed by atoms with Crippen LogP contribution in [0.25, 0.3) is 11.5 Å². The minimum Gasteiger partial charge on any atom is -0.463 e. The number of nitro groups is 1. The number of rotatable bonds is 5. The fourth-order valence-corrected chi connectivity index (χ4v) is 1.86. The molecule has 1 aromatic heterocycles. The van der Waals surface area contributed by atoms with E-state index in [0.29, 0.717) is 17.7 Å². The number of hydrogen-bond acceptors (Lipinski definition) is 6. The predicted octanol–water partition coefficient (Wildman–Crippen LogP) is 2.99. The molecule has 7 nitrogen and oxygen atoms in total. The van der Waals surface area contributed by atoms with Gasteiger partial charge in [-0.15, -0.1) is 0 Å². The molecule has 0 aliphatic heterocycles. The first-order valence-electron chi connectivity index (χ1n) is 6.39. The Morgan fingerprint density at radius 1 is 1.38 bits per heavy atom. The topological polar surface area (TPSA) is 95.5 Å². The molecule has 0 fully saturated rings. The highest BCUT2D eigenvalue weighted by atomic mass is 16.6. The number of oxazole rings is 1. The molecule has 0 saturated carbocycles. The third kappa shape index (κ3) is 3.07. The van der Waals surface area contributed by atoms with Crippen LogP contribution in [-0.4, -0.2) is 23.0 Å².